The van der Waals surface area contributed by atoms with Gasteiger partial charge in [0.05, 0.1) is 0 Å². The number of nitrogens with one attached hydrogen (secondary N) is 1. The van der Waals surface area contributed by atoms with E-state index in [1.165, 1.54) is 5.56 Å². The van der Waals surface area contributed by atoms with Gasteiger partial charge < -0.3 is 14.7 Å². The average molecular weight is 243 g/mol. The summed E-state index contributed by atoms with van der Waals surface area (Å²) in [5.74, 6) is 0.942. The van der Waals surface area contributed by atoms with Gasteiger partial charge in [-0.1, -0.05) is 35.5 Å². The highest BCUT2D eigenvalue weighted by atomic mass is 16.5. The monoisotopic (exact) mass is 243 g/mol. The Morgan fingerprint density at radius 1 is 1.28 bits per heavy atom. The van der Waals surface area contributed by atoms with E-state index in [2.05, 4.69) is 45.7 Å². The summed E-state index contributed by atoms with van der Waals surface area (Å²) in [5, 5.41) is 7.50. The molecule has 94 valence electrons. The SMILES string of the molecule is c1ccc(C[C@@H]2CNCCN2c2ccon2)cc1. The molecule has 18 heavy (non-hydrogen) atoms. The molecule has 1 aliphatic rings. The van der Waals surface area contributed by atoms with Crippen LogP contribution in [0.5, 0.6) is 0 Å². The molecule has 2 aromatic rings. The first-order valence-electron chi connectivity index (χ1n) is 6.35. The zero-order chi connectivity index (χ0) is 12.2. The van der Waals surface area contributed by atoms with Crippen LogP contribution >= 0.6 is 0 Å². The minimum atomic E-state index is 0.436. The summed E-state index contributed by atoms with van der Waals surface area (Å²) in [5.41, 5.74) is 1.36. The summed E-state index contributed by atoms with van der Waals surface area (Å²) >= 11 is 0. The Balaban J connectivity index is 1.76. The van der Waals surface area contributed by atoms with E-state index in [9.17, 15) is 0 Å². The second-order valence-electron chi connectivity index (χ2n) is 4.60. The third-order valence-electron chi connectivity index (χ3n) is 3.38. The molecular formula is C14H17N3O. The highest BCUT2D eigenvalue weighted by Gasteiger charge is 2.24. The van der Waals surface area contributed by atoms with E-state index in [0.717, 1.165) is 31.9 Å². The number of piperazine rings is 1. The fourth-order valence-corrected chi connectivity index (χ4v) is 2.49. The predicted molar refractivity (Wildman–Crippen MR) is 70.7 cm³/mol. The second-order valence-corrected chi connectivity index (χ2v) is 4.60. The molecule has 3 rings (SSSR count). The van der Waals surface area contributed by atoms with Gasteiger partial charge >= 0.3 is 0 Å². The minimum absolute atomic E-state index is 0.436. The lowest BCUT2D eigenvalue weighted by atomic mass is 10.0. The highest BCUT2D eigenvalue weighted by Crippen LogP contribution is 2.18. The first-order chi connectivity index (χ1) is 8.93. The Morgan fingerprint density at radius 2 is 2.17 bits per heavy atom. The third kappa shape index (κ3) is 2.38. The van der Waals surface area contributed by atoms with Crippen LogP contribution in [0.25, 0.3) is 0 Å². The third-order valence-corrected chi connectivity index (χ3v) is 3.38. The maximum atomic E-state index is 4.95. The molecule has 0 amide bonds. The fourth-order valence-electron chi connectivity index (χ4n) is 2.49. The lowest BCUT2D eigenvalue weighted by Crippen LogP contribution is -2.52. The van der Waals surface area contributed by atoms with Crippen LogP contribution < -0.4 is 10.2 Å². The Bertz CT molecular complexity index is 469. The van der Waals surface area contributed by atoms with Gasteiger partial charge in [-0.05, 0) is 12.0 Å². The van der Waals surface area contributed by atoms with E-state index in [1.807, 2.05) is 6.07 Å². The molecule has 1 saturated heterocycles. The lowest BCUT2D eigenvalue weighted by molar-refractivity contribution is 0.407. The van der Waals surface area contributed by atoms with Crippen molar-refractivity contribution in [3.63, 3.8) is 0 Å². The fraction of sp³-hybridized carbons (Fsp3) is 0.357. The van der Waals surface area contributed by atoms with Gasteiger partial charge in [0.1, 0.15) is 6.26 Å². The van der Waals surface area contributed by atoms with Gasteiger partial charge in [-0.15, -0.1) is 0 Å². The molecule has 0 spiro atoms. The number of rotatable bonds is 3. The van der Waals surface area contributed by atoms with E-state index >= 15 is 0 Å². The zero-order valence-corrected chi connectivity index (χ0v) is 10.2. The first kappa shape index (κ1) is 11.3. The molecule has 4 heteroatoms. The standard InChI is InChI=1S/C14H17N3O/c1-2-4-12(5-3-1)10-13-11-15-7-8-17(13)14-6-9-18-16-14/h1-6,9,13,15H,7-8,10-11H2/t13-/m1/s1. The molecule has 0 aliphatic carbocycles. The summed E-state index contributed by atoms with van der Waals surface area (Å²) in [6, 6.07) is 13.0. The van der Waals surface area contributed by atoms with Crippen molar-refractivity contribution in [1.29, 1.82) is 0 Å². The van der Waals surface area contributed by atoms with E-state index in [-0.39, 0.29) is 0 Å². The number of benzene rings is 1. The Morgan fingerprint density at radius 3 is 2.94 bits per heavy atom. The van der Waals surface area contributed by atoms with Crippen LogP contribution in [0.1, 0.15) is 5.56 Å². The molecule has 1 aromatic carbocycles. The number of aromatic nitrogens is 1. The first-order valence-corrected chi connectivity index (χ1v) is 6.35. The van der Waals surface area contributed by atoms with Crippen molar-refractivity contribution in [1.82, 2.24) is 10.5 Å². The smallest absolute Gasteiger partial charge is 0.172 e. The summed E-state index contributed by atoms with van der Waals surface area (Å²) < 4.78 is 4.95. The summed E-state index contributed by atoms with van der Waals surface area (Å²) in [6.07, 6.45) is 2.66. The minimum Gasteiger partial charge on any atom is -0.363 e. The normalized spacial score (nSPS) is 20.0. The summed E-state index contributed by atoms with van der Waals surface area (Å²) in [7, 11) is 0. The average Bonchev–Trinajstić information content (AvgIpc) is 2.94. The molecule has 4 nitrogen and oxygen atoms in total. The van der Waals surface area contributed by atoms with E-state index in [0.29, 0.717) is 6.04 Å². The number of nitrogens with zero attached hydrogens (tertiary/aromatic N) is 2. The molecular weight excluding hydrogens is 226 g/mol. The molecule has 0 radical (unpaired) electrons. The Labute approximate surface area is 107 Å². The molecule has 1 fully saturated rings. The summed E-state index contributed by atoms with van der Waals surface area (Å²) in [6.45, 7) is 2.96. The molecule has 0 saturated carbocycles. The molecule has 0 unspecified atom stereocenters. The van der Waals surface area contributed by atoms with Crippen molar-refractivity contribution >= 4 is 5.82 Å². The van der Waals surface area contributed by atoms with Gasteiger partial charge in [-0.25, -0.2) is 0 Å². The molecule has 1 N–H and O–H groups in total. The lowest BCUT2D eigenvalue weighted by Gasteiger charge is -2.36. The largest absolute Gasteiger partial charge is 0.363 e. The van der Waals surface area contributed by atoms with Gasteiger partial charge in [-0.3, -0.25) is 0 Å². The van der Waals surface area contributed by atoms with E-state index in [1.54, 1.807) is 6.26 Å². The van der Waals surface area contributed by atoms with Gasteiger partial charge in [0.2, 0.25) is 0 Å². The predicted octanol–water partition coefficient (Wildman–Crippen LogP) is 1.70. The van der Waals surface area contributed by atoms with E-state index in [4.69, 9.17) is 4.52 Å². The van der Waals surface area contributed by atoms with Gasteiger partial charge in [-0.2, -0.15) is 0 Å². The molecule has 0 bridgehead atoms. The van der Waals surface area contributed by atoms with Crippen LogP contribution in [-0.4, -0.2) is 30.8 Å². The van der Waals surface area contributed by atoms with Crippen LogP contribution in [-0.2, 0) is 6.42 Å². The number of hydrogen-bond acceptors (Lipinski definition) is 4. The van der Waals surface area contributed by atoms with Gasteiger partial charge in [0.15, 0.2) is 5.82 Å². The molecule has 1 atom stereocenters. The van der Waals surface area contributed by atoms with Crippen LogP contribution in [0, 0.1) is 0 Å². The van der Waals surface area contributed by atoms with E-state index < -0.39 is 0 Å². The molecule has 2 heterocycles. The van der Waals surface area contributed by atoms with Crippen LogP contribution in [0.2, 0.25) is 0 Å². The van der Waals surface area contributed by atoms with Crippen LogP contribution in [0.15, 0.2) is 47.2 Å². The topological polar surface area (TPSA) is 41.3 Å². The maximum Gasteiger partial charge on any atom is 0.172 e. The van der Waals surface area contributed by atoms with Crippen molar-refractivity contribution in [2.24, 2.45) is 0 Å². The van der Waals surface area contributed by atoms with Gasteiger partial charge in [0.25, 0.3) is 0 Å². The Kier molecular flexibility index (Phi) is 3.28. The maximum absolute atomic E-state index is 4.95. The van der Waals surface area contributed by atoms with Crippen LogP contribution in [0.3, 0.4) is 0 Å². The van der Waals surface area contributed by atoms with Gasteiger partial charge in [0, 0.05) is 31.7 Å². The molecule has 1 aliphatic heterocycles. The van der Waals surface area contributed by atoms with Crippen LogP contribution in [0.4, 0.5) is 5.82 Å². The molecule has 1 aromatic heterocycles. The van der Waals surface area contributed by atoms with Crippen molar-refractivity contribution in [3.8, 4) is 0 Å². The highest BCUT2D eigenvalue weighted by molar-refractivity contribution is 5.39. The number of anilines is 1. The summed E-state index contributed by atoms with van der Waals surface area (Å²) in [4.78, 5) is 2.33. The van der Waals surface area contributed by atoms with Crippen molar-refractivity contribution in [3.05, 3.63) is 48.2 Å². The quantitative estimate of drug-likeness (QED) is 0.890. The number of hydrogen-bond donors (Lipinski definition) is 1. The van der Waals surface area contributed by atoms with Crippen molar-refractivity contribution in [2.75, 3.05) is 24.5 Å². The Hall–Kier alpha value is -1.81. The second kappa shape index (κ2) is 5.23. The zero-order valence-electron chi connectivity index (χ0n) is 10.2. The van der Waals surface area contributed by atoms with Crippen molar-refractivity contribution in [2.45, 2.75) is 12.5 Å². The van der Waals surface area contributed by atoms with Crippen molar-refractivity contribution < 1.29 is 4.52 Å².